The van der Waals surface area contributed by atoms with Crippen LogP contribution in [0.3, 0.4) is 0 Å². The lowest BCUT2D eigenvalue weighted by Gasteiger charge is -2.10. The van der Waals surface area contributed by atoms with Crippen LogP contribution < -0.4 is 14.8 Å². The molecule has 1 N–H and O–H groups in total. The summed E-state index contributed by atoms with van der Waals surface area (Å²) < 4.78 is 12.5. The number of ketones is 1. The van der Waals surface area contributed by atoms with Gasteiger partial charge >= 0.3 is 0 Å². The fourth-order valence-corrected chi connectivity index (χ4v) is 3.33. The summed E-state index contributed by atoms with van der Waals surface area (Å²) in [7, 11) is 0. The summed E-state index contributed by atoms with van der Waals surface area (Å²) in [6.07, 6.45) is 0. The number of carbonyl (C=O) groups excluding carboxylic acids is 2. The minimum atomic E-state index is -0.241. The van der Waals surface area contributed by atoms with Crippen LogP contribution >= 0.6 is 11.8 Å². The monoisotopic (exact) mass is 362 g/mol. The number of Topliss-reactive ketones (excluding diaryl/α,β-unsaturated/α-hetero) is 1. The smallest absolute Gasteiger partial charge is 0.234 e. The summed E-state index contributed by atoms with van der Waals surface area (Å²) in [5.41, 5.74) is 0.797. The number of ether oxygens (including phenoxy) is 2. The van der Waals surface area contributed by atoms with Crippen LogP contribution in [-0.2, 0) is 11.3 Å². The first-order valence-corrected chi connectivity index (χ1v) is 8.75. The molecule has 1 amide bonds. The van der Waals surface area contributed by atoms with Crippen molar-refractivity contribution in [1.29, 1.82) is 0 Å². The molecule has 1 aromatic carbocycles. The quantitative estimate of drug-likeness (QED) is 0.622. The van der Waals surface area contributed by atoms with E-state index in [9.17, 15) is 9.59 Å². The molecule has 0 saturated heterocycles. The van der Waals surface area contributed by atoms with Crippen molar-refractivity contribution in [2.24, 2.45) is 0 Å². The Kier molecular flexibility index (Phi) is 4.93. The molecule has 1 aromatic heterocycles. The van der Waals surface area contributed by atoms with Crippen molar-refractivity contribution < 1.29 is 19.1 Å². The molecule has 1 aliphatic rings. The molecule has 2 aromatic rings. The van der Waals surface area contributed by atoms with Crippen molar-refractivity contribution in [3.8, 4) is 11.5 Å². The molecule has 132 valence electrons. The van der Waals surface area contributed by atoms with Crippen molar-refractivity contribution in [3.05, 3.63) is 23.5 Å². The molecular weight excluding hydrogens is 344 g/mol. The van der Waals surface area contributed by atoms with Crippen molar-refractivity contribution >= 4 is 29.1 Å². The van der Waals surface area contributed by atoms with E-state index in [0.717, 1.165) is 12.4 Å². The molecule has 3 rings (SSSR count). The van der Waals surface area contributed by atoms with Gasteiger partial charge in [0, 0.05) is 18.2 Å². The van der Waals surface area contributed by atoms with E-state index >= 15 is 0 Å². The standard InChI is InChI=1S/C16H18N4O4S/c1-4-20-10(3)18-19-16(20)25-7-15(22)17-12-6-14-13(23-8-24-14)5-11(12)9(2)21/h5-6H,4,7-8H2,1-3H3,(H,17,22). The Morgan fingerprint density at radius 2 is 2.00 bits per heavy atom. The highest BCUT2D eigenvalue weighted by molar-refractivity contribution is 7.99. The summed E-state index contributed by atoms with van der Waals surface area (Å²) in [6, 6.07) is 3.20. The number of carbonyl (C=O) groups is 2. The van der Waals surface area contributed by atoms with Gasteiger partial charge in [0.1, 0.15) is 5.82 Å². The van der Waals surface area contributed by atoms with Crippen LogP contribution in [0.4, 0.5) is 5.69 Å². The first-order valence-electron chi connectivity index (χ1n) is 7.76. The third-order valence-corrected chi connectivity index (χ3v) is 4.68. The lowest BCUT2D eigenvalue weighted by Crippen LogP contribution is -2.16. The first kappa shape index (κ1) is 17.3. The van der Waals surface area contributed by atoms with Gasteiger partial charge in [0.25, 0.3) is 0 Å². The van der Waals surface area contributed by atoms with Gasteiger partial charge in [-0.05, 0) is 26.8 Å². The predicted molar refractivity (Wildman–Crippen MR) is 92.4 cm³/mol. The molecular formula is C16H18N4O4S. The van der Waals surface area contributed by atoms with E-state index in [-0.39, 0.29) is 24.2 Å². The second kappa shape index (κ2) is 7.14. The molecule has 0 spiro atoms. The van der Waals surface area contributed by atoms with Gasteiger partial charge in [0.2, 0.25) is 12.7 Å². The van der Waals surface area contributed by atoms with Gasteiger partial charge in [-0.2, -0.15) is 0 Å². The van der Waals surface area contributed by atoms with Crippen molar-refractivity contribution in [2.45, 2.75) is 32.5 Å². The van der Waals surface area contributed by atoms with Crippen LogP contribution in [0.1, 0.15) is 30.0 Å². The fraction of sp³-hybridized carbons (Fsp3) is 0.375. The molecule has 0 unspecified atom stereocenters. The largest absolute Gasteiger partial charge is 0.454 e. The maximum Gasteiger partial charge on any atom is 0.234 e. The zero-order valence-electron chi connectivity index (χ0n) is 14.2. The molecule has 0 atom stereocenters. The molecule has 0 bridgehead atoms. The van der Waals surface area contributed by atoms with Crippen LogP contribution in [0.15, 0.2) is 17.3 Å². The molecule has 1 aliphatic heterocycles. The number of hydrogen-bond acceptors (Lipinski definition) is 7. The van der Waals surface area contributed by atoms with E-state index < -0.39 is 0 Å². The van der Waals surface area contributed by atoms with Gasteiger partial charge in [-0.1, -0.05) is 11.8 Å². The van der Waals surface area contributed by atoms with Crippen LogP contribution in [0.2, 0.25) is 0 Å². The molecule has 25 heavy (non-hydrogen) atoms. The van der Waals surface area contributed by atoms with Gasteiger partial charge < -0.3 is 19.4 Å². The average molecular weight is 362 g/mol. The minimum absolute atomic E-state index is 0.103. The molecule has 0 fully saturated rings. The van der Waals surface area contributed by atoms with E-state index in [4.69, 9.17) is 9.47 Å². The molecule has 9 heteroatoms. The van der Waals surface area contributed by atoms with E-state index in [0.29, 0.717) is 27.9 Å². The number of nitrogens with zero attached hydrogens (tertiary/aromatic N) is 3. The lowest BCUT2D eigenvalue weighted by molar-refractivity contribution is -0.113. The van der Waals surface area contributed by atoms with Crippen molar-refractivity contribution in [2.75, 3.05) is 17.9 Å². The topological polar surface area (TPSA) is 95.3 Å². The number of hydrogen-bond donors (Lipinski definition) is 1. The van der Waals surface area contributed by atoms with Crippen molar-refractivity contribution in [1.82, 2.24) is 14.8 Å². The third-order valence-electron chi connectivity index (χ3n) is 3.72. The predicted octanol–water partition coefficient (Wildman–Crippen LogP) is 2.27. The highest BCUT2D eigenvalue weighted by atomic mass is 32.2. The minimum Gasteiger partial charge on any atom is -0.454 e. The van der Waals surface area contributed by atoms with Gasteiger partial charge in [-0.15, -0.1) is 10.2 Å². The van der Waals surface area contributed by atoms with Crippen molar-refractivity contribution in [3.63, 3.8) is 0 Å². The first-order chi connectivity index (χ1) is 12.0. The fourth-order valence-electron chi connectivity index (χ4n) is 2.49. The summed E-state index contributed by atoms with van der Waals surface area (Å²) in [6.45, 7) is 6.14. The molecule has 0 aliphatic carbocycles. The number of fused-ring (bicyclic) bond motifs is 1. The lowest BCUT2D eigenvalue weighted by atomic mass is 10.1. The highest BCUT2D eigenvalue weighted by Gasteiger charge is 2.20. The number of anilines is 1. The summed E-state index contributed by atoms with van der Waals surface area (Å²) in [4.78, 5) is 24.1. The number of amides is 1. The number of rotatable bonds is 6. The van der Waals surface area contributed by atoms with Gasteiger partial charge in [0.05, 0.1) is 11.4 Å². The Bertz CT molecular complexity index is 834. The van der Waals surface area contributed by atoms with Gasteiger partial charge in [0.15, 0.2) is 22.4 Å². The van der Waals surface area contributed by atoms with Crippen LogP contribution in [0, 0.1) is 6.92 Å². The average Bonchev–Trinajstić information content (AvgIpc) is 3.17. The Labute approximate surface area is 148 Å². The van der Waals surface area contributed by atoms with Gasteiger partial charge in [-0.25, -0.2) is 0 Å². The van der Waals surface area contributed by atoms with E-state index in [1.807, 2.05) is 18.4 Å². The second-order valence-electron chi connectivity index (χ2n) is 5.42. The zero-order valence-corrected chi connectivity index (χ0v) is 15.0. The van der Waals surface area contributed by atoms with E-state index in [1.165, 1.54) is 18.7 Å². The van der Waals surface area contributed by atoms with E-state index in [1.54, 1.807) is 12.1 Å². The maximum absolute atomic E-state index is 12.3. The van der Waals surface area contributed by atoms with E-state index in [2.05, 4.69) is 15.5 Å². The highest BCUT2D eigenvalue weighted by Crippen LogP contribution is 2.37. The van der Waals surface area contributed by atoms with Crippen LogP contribution in [0.25, 0.3) is 0 Å². The normalized spacial score (nSPS) is 12.3. The Morgan fingerprint density at radius 3 is 2.68 bits per heavy atom. The molecule has 2 heterocycles. The number of aryl methyl sites for hydroxylation is 1. The second-order valence-corrected chi connectivity index (χ2v) is 6.36. The maximum atomic E-state index is 12.3. The Morgan fingerprint density at radius 1 is 1.28 bits per heavy atom. The summed E-state index contributed by atoms with van der Waals surface area (Å²) in [5, 5.41) is 11.5. The molecule has 8 nitrogen and oxygen atoms in total. The molecule has 0 radical (unpaired) electrons. The number of nitrogens with one attached hydrogen (secondary N) is 1. The summed E-state index contributed by atoms with van der Waals surface area (Å²) in [5.74, 6) is 1.57. The Hall–Kier alpha value is -2.55. The third kappa shape index (κ3) is 3.60. The SMILES string of the molecule is CCn1c(C)nnc1SCC(=O)Nc1cc2c(cc1C(C)=O)OCO2. The molecule has 0 saturated carbocycles. The number of benzene rings is 1. The van der Waals surface area contributed by atoms with Crippen LogP contribution in [0.5, 0.6) is 11.5 Å². The van der Waals surface area contributed by atoms with Gasteiger partial charge in [-0.3, -0.25) is 9.59 Å². The Balaban J connectivity index is 1.71. The number of thioether (sulfide) groups is 1. The summed E-state index contributed by atoms with van der Waals surface area (Å²) >= 11 is 1.30. The van der Waals surface area contributed by atoms with Crippen LogP contribution in [-0.4, -0.2) is 39.0 Å². The number of aromatic nitrogens is 3. The zero-order chi connectivity index (χ0) is 18.0.